The lowest BCUT2D eigenvalue weighted by atomic mass is 10.2. The first-order valence-electron chi connectivity index (χ1n) is 8.57. The van der Waals surface area contributed by atoms with Gasteiger partial charge in [0.25, 0.3) is 5.91 Å². The summed E-state index contributed by atoms with van der Waals surface area (Å²) < 4.78 is 11.1. The molecular formula is C21H20ClNO3S. The largest absolute Gasteiger partial charge is 0.488 e. The Morgan fingerprint density at radius 3 is 2.74 bits per heavy atom. The summed E-state index contributed by atoms with van der Waals surface area (Å²) in [5.41, 5.74) is 1.47. The molecule has 1 aromatic heterocycles. The molecule has 0 spiro atoms. The maximum Gasteiger partial charge on any atom is 0.255 e. The second kappa shape index (κ2) is 10.1. The van der Waals surface area contributed by atoms with Crippen LogP contribution < -0.4 is 10.1 Å². The predicted octanol–water partition coefficient (Wildman–Crippen LogP) is 5.18. The first kappa shape index (κ1) is 19.4. The van der Waals surface area contributed by atoms with E-state index in [1.807, 2.05) is 42.5 Å². The molecule has 4 nitrogen and oxygen atoms in total. The zero-order valence-electron chi connectivity index (χ0n) is 14.7. The van der Waals surface area contributed by atoms with E-state index in [0.29, 0.717) is 29.5 Å². The van der Waals surface area contributed by atoms with Crippen molar-refractivity contribution >= 4 is 29.3 Å². The third-order valence-corrected chi connectivity index (χ3v) is 5.00. The number of hydrogen-bond donors (Lipinski definition) is 1. The van der Waals surface area contributed by atoms with E-state index in [2.05, 4.69) is 5.32 Å². The van der Waals surface area contributed by atoms with E-state index in [-0.39, 0.29) is 5.91 Å². The number of benzene rings is 2. The molecule has 0 bridgehead atoms. The maximum atomic E-state index is 12.5. The number of nitrogens with one attached hydrogen (secondary N) is 1. The lowest BCUT2D eigenvalue weighted by molar-refractivity contribution is 0.0951. The monoisotopic (exact) mass is 401 g/mol. The van der Waals surface area contributed by atoms with Crippen molar-refractivity contribution in [2.45, 2.75) is 12.4 Å². The van der Waals surface area contributed by atoms with E-state index in [1.54, 1.807) is 36.2 Å². The Kier molecular flexibility index (Phi) is 7.25. The molecule has 0 atom stereocenters. The predicted molar refractivity (Wildman–Crippen MR) is 109 cm³/mol. The SMILES string of the molecule is O=C(NCCSCc1ccco1)c1cc(Cl)ccc1OCc1ccccc1. The van der Waals surface area contributed by atoms with Gasteiger partial charge in [-0.2, -0.15) is 11.8 Å². The Morgan fingerprint density at radius 2 is 1.96 bits per heavy atom. The summed E-state index contributed by atoms with van der Waals surface area (Å²) in [6.07, 6.45) is 1.66. The number of carbonyl (C=O) groups excluding carboxylic acids is 1. The second-order valence-corrected chi connectivity index (χ2v) is 7.34. The zero-order valence-corrected chi connectivity index (χ0v) is 16.3. The van der Waals surface area contributed by atoms with Gasteiger partial charge in [-0.15, -0.1) is 0 Å². The van der Waals surface area contributed by atoms with E-state index in [1.165, 1.54) is 0 Å². The topological polar surface area (TPSA) is 51.5 Å². The molecule has 1 N–H and O–H groups in total. The second-order valence-electron chi connectivity index (χ2n) is 5.80. The molecule has 0 aliphatic carbocycles. The lowest BCUT2D eigenvalue weighted by Gasteiger charge is -2.12. The van der Waals surface area contributed by atoms with E-state index in [4.69, 9.17) is 20.8 Å². The maximum absolute atomic E-state index is 12.5. The number of thioether (sulfide) groups is 1. The van der Waals surface area contributed by atoms with Gasteiger partial charge in [0.2, 0.25) is 0 Å². The van der Waals surface area contributed by atoms with Gasteiger partial charge in [0.05, 0.1) is 17.6 Å². The third kappa shape index (κ3) is 6.08. The lowest BCUT2D eigenvalue weighted by Crippen LogP contribution is -2.26. The number of ether oxygens (including phenoxy) is 1. The van der Waals surface area contributed by atoms with Crippen LogP contribution in [0.15, 0.2) is 71.3 Å². The number of furan rings is 1. The molecule has 0 fully saturated rings. The molecule has 3 aromatic rings. The van der Waals surface area contributed by atoms with Crippen LogP contribution in [-0.2, 0) is 12.4 Å². The number of halogens is 1. The van der Waals surface area contributed by atoms with Gasteiger partial charge in [0, 0.05) is 17.3 Å². The summed E-state index contributed by atoms with van der Waals surface area (Å²) in [5, 5.41) is 3.42. The fourth-order valence-corrected chi connectivity index (χ4v) is 3.37. The van der Waals surface area contributed by atoms with Crippen LogP contribution in [0.1, 0.15) is 21.7 Å². The highest BCUT2D eigenvalue weighted by molar-refractivity contribution is 7.98. The van der Waals surface area contributed by atoms with Gasteiger partial charge >= 0.3 is 0 Å². The fourth-order valence-electron chi connectivity index (χ4n) is 2.44. The van der Waals surface area contributed by atoms with E-state index in [9.17, 15) is 4.79 Å². The average molecular weight is 402 g/mol. The zero-order chi connectivity index (χ0) is 18.9. The highest BCUT2D eigenvalue weighted by atomic mass is 35.5. The summed E-state index contributed by atoms with van der Waals surface area (Å²) in [6.45, 7) is 0.941. The van der Waals surface area contributed by atoms with Crippen LogP contribution in [0, 0.1) is 0 Å². The van der Waals surface area contributed by atoms with Crippen molar-refractivity contribution < 1.29 is 13.9 Å². The molecule has 0 saturated carbocycles. The van der Waals surface area contributed by atoms with Crippen molar-refractivity contribution in [3.63, 3.8) is 0 Å². The summed E-state index contributed by atoms with van der Waals surface area (Å²) in [4.78, 5) is 12.5. The van der Waals surface area contributed by atoms with Crippen LogP contribution >= 0.6 is 23.4 Å². The summed E-state index contributed by atoms with van der Waals surface area (Å²) >= 11 is 7.77. The molecule has 0 unspecified atom stereocenters. The fraction of sp³-hybridized carbons (Fsp3) is 0.190. The summed E-state index contributed by atoms with van der Waals surface area (Å²) in [5.74, 6) is 2.82. The highest BCUT2D eigenvalue weighted by Crippen LogP contribution is 2.24. The Labute approximate surface area is 167 Å². The number of rotatable bonds is 9. The first-order valence-corrected chi connectivity index (χ1v) is 10.1. The molecule has 0 radical (unpaired) electrons. The molecule has 140 valence electrons. The standard InChI is InChI=1S/C21H20ClNO3S/c22-17-8-9-20(26-14-16-5-2-1-3-6-16)19(13-17)21(24)23-10-12-27-15-18-7-4-11-25-18/h1-9,11,13H,10,12,14-15H2,(H,23,24). The first-order chi connectivity index (χ1) is 13.2. The Morgan fingerprint density at radius 1 is 1.11 bits per heavy atom. The molecule has 2 aromatic carbocycles. The highest BCUT2D eigenvalue weighted by Gasteiger charge is 2.13. The van der Waals surface area contributed by atoms with Crippen LogP contribution in [0.25, 0.3) is 0 Å². The van der Waals surface area contributed by atoms with Gasteiger partial charge in [0.1, 0.15) is 18.1 Å². The molecule has 6 heteroatoms. The van der Waals surface area contributed by atoms with Crippen LogP contribution in [0.5, 0.6) is 5.75 Å². The molecular weight excluding hydrogens is 382 g/mol. The van der Waals surface area contributed by atoms with E-state index >= 15 is 0 Å². The molecule has 0 saturated heterocycles. The number of hydrogen-bond acceptors (Lipinski definition) is 4. The van der Waals surface area contributed by atoms with Crippen molar-refractivity contribution in [3.05, 3.63) is 88.8 Å². The molecule has 0 aliphatic rings. The minimum atomic E-state index is -0.195. The van der Waals surface area contributed by atoms with Gasteiger partial charge in [-0.1, -0.05) is 41.9 Å². The van der Waals surface area contributed by atoms with Crippen molar-refractivity contribution in [3.8, 4) is 5.75 Å². The van der Waals surface area contributed by atoms with Crippen molar-refractivity contribution in [1.29, 1.82) is 0 Å². The van der Waals surface area contributed by atoms with Gasteiger partial charge in [-0.05, 0) is 35.9 Å². The third-order valence-electron chi connectivity index (χ3n) is 3.78. The quantitative estimate of drug-likeness (QED) is 0.502. The van der Waals surface area contributed by atoms with Crippen molar-refractivity contribution in [1.82, 2.24) is 5.32 Å². The van der Waals surface area contributed by atoms with Gasteiger partial charge in [-0.25, -0.2) is 0 Å². The van der Waals surface area contributed by atoms with Crippen molar-refractivity contribution in [2.24, 2.45) is 0 Å². The number of carbonyl (C=O) groups is 1. The van der Waals surface area contributed by atoms with Crippen molar-refractivity contribution in [2.75, 3.05) is 12.3 Å². The minimum absolute atomic E-state index is 0.195. The smallest absolute Gasteiger partial charge is 0.255 e. The van der Waals surface area contributed by atoms with E-state index in [0.717, 1.165) is 22.8 Å². The van der Waals surface area contributed by atoms with Crippen LogP contribution in [0.4, 0.5) is 0 Å². The molecule has 0 aliphatic heterocycles. The minimum Gasteiger partial charge on any atom is -0.488 e. The number of amides is 1. The van der Waals surface area contributed by atoms with Gasteiger partial charge in [-0.3, -0.25) is 4.79 Å². The normalized spacial score (nSPS) is 10.6. The van der Waals surface area contributed by atoms with Crippen LogP contribution in [0.2, 0.25) is 5.02 Å². The Balaban J connectivity index is 1.52. The van der Waals surface area contributed by atoms with Crippen LogP contribution in [-0.4, -0.2) is 18.2 Å². The summed E-state index contributed by atoms with van der Waals surface area (Å²) in [6, 6.07) is 18.7. The average Bonchev–Trinajstić information content (AvgIpc) is 3.21. The Bertz CT molecular complexity index is 853. The molecule has 1 amide bonds. The molecule has 1 heterocycles. The molecule has 27 heavy (non-hydrogen) atoms. The van der Waals surface area contributed by atoms with Crippen LogP contribution in [0.3, 0.4) is 0 Å². The Hall–Kier alpha value is -2.37. The molecule has 3 rings (SSSR count). The summed E-state index contributed by atoms with van der Waals surface area (Å²) in [7, 11) is 0. The van der Waals surface area contributed by atoms with Gasteiger partial charge in [0.15, 0.2) is 0 Å². The van der Waals surface area contributed by atoms with E-state index < -0.39 is 0 Å². The van der Waals surface area contributed by atoms with Gasteiger partial charge < -0.3 is 14.5 Å².